The number of halogens is 1. The molecule has 1 amide bonds. The van der Waals surface area contributed by atoms with Crippen LogP contribution in [0.15, 0.2) is 22.7 Å². The highest BCUT2D eigenvalue weighted by molar-refractivity contribution is 9.10. The van der Waals surface area contributed by atoms with Gasteiger partial charge in [0.25, 0.3) is 5.91 Å². The molecule has 0 spiro atoms. The van der Waals surface area contributed by atoms with E-state index in [1.165, 1.54) is 0 Å². The minimum absolute atomic E-state index is 0.0335. The maximum atomic E-state index is 11.8. The quantitative estimate of drug-likeness (QED) is 0.659. The first kappa shape index (κ1) is 12.6. The molecule has 0 heterocycles. The van der Waals surface area contributed by atoms with Gasteiger partial charge in [0.05, 0.1) is 0 Å². The lowest BCUT2D eigenvalue weighted by atomic mass is 10.1. The minimum atomic E-state index is -0.150. The van der Waals surface area contributed by atoms with Crippen molar-refractivity contribution in [2.45, 2.75) is 19.4 Å². The molecule has 0 radical (unpaired) electrons. The van der Waals surface area contributed by atoms with E-state index in [9.17, 15) is 4.79 Å². The second-order valence-electron chi connectivity index (χ2n) is 3.52. The lowest BCUT2D eigenvalue weighted by Gasteiger charge is -2.11. The summed E-state index contributed by atoms with van der Waals surface area (Å²) >= 11 is 3.27. The van der Waals surface area contributed by atoms with Crippen molar-refractivity contribution in [1.82, 2.24) is 5.32 Å². The van der Waals surface area contributed by atoms with Crippen LogP contribution in [0.25, 0.3) is 0 Å². The van der Waals surface area contributed by atoms with Crippen molar-refractivity contribution in [2.24, 2.45) is 0 Å². The standard InChI is InChI=1S/C12H13BrN2O/c1-3-4-8(2)15-12(16)9-5-6-11(14)10(13)7-9/h1,5-8H,4,14H2,2H3,(H,15,16). The predicted molar refractivity (Wildman–Crippen MR) is 68.9 cm³/mol. The number of hydrogen-bond acceptors (Lipinski definition) is 2. The van der Waals surface area contributed by atoms with Crippen LogP contribution in [0, 0.1) is 12.3 Å². The number of carbonyl (C=O) groups excluding carboxylic acids is 1. The van der Waals surface area contributed by atoms with E-state index >= 15 is 0 Å². The van der Waals surface area contributed by atoms with Gasteiger partial charge in [-0.2, -0.15) is 0 Å². The van der Waals surface area contributed by atoms with Crippen molar-refractivity contribution >= 4 is 27.5 Å². The smallest absolute Gasteiger partial charge is 0.251 e. The lowest BCUT2D eigenvalue weighted by molar-refractivity contribution is 0.0941. The Kier molecular flexibility index (Phi) is 4.39. The van der Waals surface area contributed by atoms with Gasteiger partial charge in [0.1, 0.15) is 0 Å². The molecule has 4 heteroatoms. The Balaban J connectivity index is 2.74. The van der Waals surface area contributed by atoms with Gasteiger partial charge in [0.15, 0.2) is 0 Å². The number of carbonyl (C=O) groups is 1. The molecule has 0 saturated carbocycles. The summed E-state index contributed by atoms with van der Waals surface area (Å²) in [7, 11) is 0. The average Bonchev–Trinajstić information content (AvgIpc) is 2.22. The van der Waals surface area contributed by atoms with Gasteiger partial charge >= 0.3 is 0 Å². The minimum Gasteiger partial charge on any atom is -0.398 e. The molecule has 0 aliphatic heterocycles. The monoisotopic (exact) mass is 280 g/mol. The summed E-state index contributed by atoms with van der Waals surface area (Å²) in [6.45, 7) is 1.87. The highest BCUT2D eigenvalue weighted by atomic mass is 79.9. The van der Waals surface area contributed by atoms with Gasteiger partial charge in [-0.1, -0.05) is 0 Å². The van der Waals surface area contributed by atoms with E-state index < -0.39 is 0 Å². The molecule has 1 unspecified atom stereocenters. The summed E-state index contributed by atoms with van der Waals surface area (Å²) in [5.41, 5.74) is 6.80. The molecule has 0 bridgehead atoms. The molecule has 0 aromatic heterocycles. The highest BCUT2D eigenvalue weighted by Crippen LogP contribution is 2.20. The van der Waals surface area contributed by atoms with Crippen LogP contribution in [-0.2, 0) is 0 Å². The van der Waals surface area contributed by atoms with E-state index in [1.807, 2.05) is 6.92 Å². The summed E-state index contributed by atoms with van der Waals surface area (Å²) in [5.74, 6) is 2.35. The van der Waals surface area contributed by atoms with E-state index in [0.717, 1.165) is 0 Å². The largest absolute Gasteiger partial charge is 0.398 e. The first-order valence-corrected chi connectivity index (χ1v) is 5.63. The molecular formula is C12H13BrN2O. The van der Waals surface area contributed by atoms with Crippen molar-refractivity contribution in [2.75, 3.05) is 5.73 Å². The second kappa shape index (κ2) is 5.57. The van der Waals surface area contributed by atoms with E-state index in [2.05, 4.69) is 27.2 Å². The second-order valence-corrected chi connectivity index (χ2v) is 4.37. The number of amides is 1. The van der Waals surface area contributed by atoms with Crippen molar-refractivity contribution in [3.63, 3.8) is 0 Å². The first-order chi connectivity index (χ1) is 7.54. The maximum Gasteiger partial charge on any atom is 0.251 e. The third-order valence-corrected chi connectivity index (χ3v) is 2.75. The number of terminal acetylenes is 1. The van der Waals surface area contributed by atoms with Gasteiger partial charge in [0, 0.05) is 28.2 Å². The number of benzene rings is 1. The van der Waals surface area contributed by atoms with Crippen LogP contribution >= 0.6 is 15.9 Å². The Bertz CT molecular complexity index is 437. The van der Waals surface area contributed by atoms with Crippen LogP contribution in [0.3, 0.4) is 0 Å². The Hall–Kier alpha value is -1.47. The molecule has 0 aliphatic carbocycles. The summed E-state index contributed by atoms with van der Waals surface area (Å²) in [6, 6.07) is 5.02. The third kappa shape index (κ3) is 3.28. The maximum absolute atomic E-state index is 11.8. The van der Waals surface area contributed by atoms with Crippen molar-refractivity contribution in [3.05, 3.63) is 28.2 Å². The molecule has 1 atom stereocenters. The predicted octanol–water partition coefficient (Wildman–Crippen LogP) is 2.17. The van der Waals surface area contributed by atoms with Gasteiger partial charge in [-0.05, 0) is 41.1 Å². The van der Waals surface area contributed by atoms with Crippen LogP contribution < -0.4 is 11.1 Å². The zero-order chi connectivity index (χ0) is 12.1. The number of anilines is 1. The molecule has 0 saturated heterocycles. The van der Waals surface area contributed by atoms with Crippen LogP contribution in [0.1, 0.15) is 23.7 Å². The fourth-order valence-electron chi connectivity index (χ4n) is 1.20. The molecule has 16 heavy (non-hydrogen) atoms. The normalized spacial score (nSPS) is 11.6. The topological polar surface area (TPSA) is 55.1 Å². The molecule has 84 valence electrons. The number of nitrogens with one attached hydrogen (secondary N) is 1. The van der Waals surface area contributed by atoms with Crippen molar-refractivity contribution < 1.29 is 4.79 Å². The number of rotatable bonds is 3. The van der Waals surface area contributed by atoms with Crippen molar-refractivity contribution in [3.8, 4) is 12.3 Å². The van der Waals surface area contributed by atoms with Gasteiger partial charge in [-0.15, -0.1) is 12.3 Å². The Labute approximate surface area is 104 Å². The van der Waals surface area contributed by atoms with E-state index in [4.69, 9.17) is 12.2 Å². The van der Waals surface area contributed by atoms with Crippen molar-refractivity contribution in [1.29, 1.82) is 0 Å². The molecule has 0 fully saturated rings. The van der Waals surface area contributed by atoms with Gasteiger partial charge in [-0.3, -0.25) is 4.79 Å². The number of hydrogen-bond donors (Lipinski definition) is 2. The molecule has 0 aliphatic rings. The summed E-state index contributed by atoms with van der Waals surface area (Å²) in [6.07, 6.45) is 5.68. The van der Waals surface area contributed by atoms with Crippen LogP contribution in [0.5, 0.6) is 0 Å². The molecule has 3 nitrogen and oxygen atoms in total. The van der Waals surface area contributed by atoms with E-state index in [0.29, 0.717) is 22.1 Å². The number of nitrogens with two attached hydrogens (primary N) is 1. The summed E-state index contributed by atoms with van der Waals surface area (Å²) in [5, 5.41) is 2.80. The molecule has 1 aromatic rings. The van der Waals surface area contributed by atoms with Crippen LogP contribution in [0.2, 0.25) is 0 Å². The van der Waals surface area contributed by atoms with Gasteiger partial charge in [0.2, 0.25) is 0 Å². The van der Waals surface area contributed by atoms with E-state index in [-0.39, 0.29) is 11.9 Å². The fraction of sp³-hybridized carbons (Fsp3) is 0.250. The fourth-order valence-corrected chi connectivity index (χ4v) is 1.58. The Morgan fingerprint density at radius 3 is 2.94 bits per heavy atom. The summed E-state index contributed by atoms with van der Waals surface area (Å²) < 4.78 is 0.713. The van der Waals surface area contributed by atoms with Crippen LogP contribution in [-0.4, -0.2) is 11.9 Å². The molecule has 1 aromatic carbocycles. The third-order valence-electron chi connectivity index (χ3n) is 2.06. The lowest BCUT2D eigenvalue weighted by Crippen LogP contribution is -2.32. The molecular weight excluding hydrogens is 268 g/mol. The van der Waals surface area contributed by atoms with Gasteiger partial charge in [-0.25, -0.2) is 0 Å². The van der Waals surface area contributed by atoms with Crippen LogP contribution in [0.4, 0.5) is 5.69 Å². The average molecular weight is 281 g/mol. The zero-order valence-electron chi connectivity index (χ0n) is 8.96. The van der Waals surface area contributed by atoms with Gasteiger partial charge < -0.3 is 11.1 Å². The summed E-state index contributed by atoms with van der Waals surface area (Å²) in [4.78, 5) is 11.8. The highest BCUT2D eigenvalue weighted by Gasteiger charge is 2.09. The number of nitrogen functional groups attached to an aromatic ring is 1. The molecule has 3 N–H and O–H groups in total. The zero-order valence-corrected chi connectivity index (χ0v) is 10.5. The first-order valence-electron chi connectivity index (χ1n) is 4.84. The van der Waals surface area contributed by atoms with E-state index in [1.54, 1.807) is 18.2 Å². The Morgan fingerprint density at radius 2 is 2.38 bits per heavy atom. The SMILES string of the molecule is C#CCC(C)NC(=O)c1ccc(N)c(Br)c1. The Morgan fingerprint density at radius 1 is 1.69 bits per heavy atom. The molecule has 1 rings (SSSR count).